The van der Waals surface area contributed by atoms with Crippen LogP contribution in [0.1, 0.15) is 31.2 Å². The number of nitrogens with two attached hydrogens (primary N) is 1. The number of amidine groups is 1. The van der Waals surface area contributed by atoms with Crippen LogP contribution < -0.4 is 11.1 Å². The lowest BCUT2D eigenvalue weighted by Gasteiger charge is -2.11. The maximum atomic E-state index is 5.73. The van der Waals surface area contributed by atoms with Gasteiger partial charge < -0.3 is 11.1 Å². The molecule has 18 heavy (non-hydrogen) atoms. The summed E-state index contributed by atoms with van der Waals surface area (Å²) in [5.74, 6) is 1.12. The number of hydrogen-bond donors (Lipinski definition) is 2. The molecule has 1 aliphatic heterocycles. The van der Waals surface area contributed by atoms with Crippen LogP contribution in [0, 0.1) is 6.92 Å². The van der Waals surface area contributed by atoms with Crippen molar-refractivity contribution >= 4 is 42.0 Å². The van der Waals surface area contributed by atoms with E-state index in [1.54, 1.807) is 0 Å². The van der Waals surface area contributed by atoms with E-state index in [1.807, 2.05) is 18.2 Å². The van der Waals surface area contributed by atoms with Gasteiger partial charge in [0.15, 0.2) is 0 Å². The summed E-state index contributed by atoms with van der Waals surface area (Å²) >= 11 is 0. The molecule has 0 spiro atoms. The highest BCUT2D eigenvalue weighted by molar-refractivity contribution is 5.96. The quantitative estimate of drug-likeness (QED) is 0.773. The van der Waals surface area contributed by atoms with Crippen LogP contribution in [0.5, 0.6) is 0 Å². The van der Waals surface area contributed by atoms with Gasteiger partial charge in [-0.1, -0.05) is 6.42 Å². The van der Waals surface area contributed by atoms with Crippen LogP contribution in [0.15, 0.2) is 23.2 Å². The van der Waals surface area contributed by atoms with E-state index in [1.165, 1.54) is 24.8 Å². The van der Waals surface area contributed by atoms with E-state index < -0.39 is 0 Å². The van der Waals surface area contributed by atoms with Gasteiger partial charge in [-0.25, -0.2) is 0 Å². The molecule has 2 rings (SSSR count). The second-order valence-electron chi connectivity index (χ2n) is 4.34. The van der Waals surface area contributed by atoms with Gasteiger partial charge in [-0.3, -0.25) is 4.99 Å². The summed E-state index contributed by atoms with van der Waals surface area (Å²) in [5.41, 5.74) is 8.83. The number of aryl methyl sites for hydroxylation is 1. The van der Waals surface area contributed by atoms with Crippen molar-refractivity contribution in [2.75, 3.05) is 17.6 Å². The van der Waals surface area contributed by atoms with Gasteiger partial charge in [0.1, 0.15) is 5.84 Å². The SMILES string of the molecule is Cc1cc(N)ccc1NC1=NCCCCC1.Cl.Cl. The van der Waals surface area contributed by atoms with Gasteiger partial charge in [-0.2, -0.15) is 0 Å². The lowest BCUT2D eigenvalue weighted by atomic mass is 10.1. The highest BCUT2D eigenvalue weighted by Gasteiger charge is 2.06. The predicted octanol–water partition coefficient (Wildman–Crippen LogP) is 3.81. The van der Waals surface area contributed by atoms with Crippen molar-refractivity contribution in [3.63, 3.8) is 0 Å². The van der Waals surface area contributed by atoms with Crippen LogP contribution in [0.4, 0.5) is 11.4 Å². The van der Waals surface area contributed by atoms with Crippen LogP contribution in [-0.4, -0.2) is 12.4 Å². The normalized spacial score (nSPS) is 14.6. The molecule has 0 unspecified atom stereocenters. The Balaban J connectivity index is 0.00000144. The number of benzene rings is 1. The summed E-state index contributed by atoms with van der Waals surface area (Å²) in [6.45, 7) is 3.02. The van der Waals surface area contributed by atoms with Crippen LogP contribution in [0.2, 0.25) is 0 Å². The van der Waals surface area contributed by atoms with E-state index in [0.29, 0.717) is 0 Å². The van der Waals surface area contributed by atoms with Crippen LogP contribution in [0.3, 0.4) is 0 Å². The summed E-state index contributed by atoms with van der Waals surface area (Å²) in [6, 6.07) is 5.93. The molecule has 102 valence electrons. The Bertz CT molecular complexity index is 405. The predicted molar refractivity (Wildman–Crippen MR) is 84.5 cm³/mol. The summed E-state index contributed by atoms with van der Waals surface area (Å²) in [4.78, 5) is 4.56. The molecule has 1 aromatic rings. The second-order valence-corrected chi connectivity index (χ2v) is 4.34. The molecule has 3 N–H and O–H groups in total. The lowest BCUT2D eigenvalue weighted by Crippen LogP contribution is -2.12. The Morgan fingerprint density at radius 3 is 2.67 bits per heavy atom. The van der Waals surface area contributed by atoms with Crippen molar-refractivity contribution in [3.8, 4) is 0 Å². The third-order valence-corrected chi connectivity index (χ3v) is 2.90. The molecule has 0 saturated heterocycles. The molecule has 3 nitrogen and oxygen atoms in total. The second kappa shape index (κ2) is 8.22. The highest BCUT2D eigenvalue weighted by Crippen LogP contribution is 2.19. The van der Waals surface area contributed by atoms with Crippen molar-refractivity contribution < 1.29 is 0 Å². The maximum absolute atomic E-state index is 5.73. The molecule has 1 heterocycles. The minimum Gasteiger partial charge on any atom is -0.399 e. The number of nitrogen functional groups attached to an aromatic ring is 1. The van der Waals surface area contributed by atoms with Crippen LogP contribution in [0.25, 0.3) is 0 Å². The zero-order valence-electron chi connectivity index (χ0n) is 10.6. The smallest absolute Gasteiger partial charge is 0.101 e. The summed E-state index contributed by atoms with van der Waals surface area (Å²) in [7, 11) is 0. The van der Waals surface area contributed by atoms with Gasteiger partial charge in [-0.05, 0) is 43.5 Å². The Kier molecular flexibility index (Phi) is 7.80. The van der Waals surface area contributed by atoms with Crippen molar-refractivity contribution in [1.29, 1.82) is 0 Å². The number of nitrogens with one attached hydrogen (secondary N) is 1. The summed E-state index contributed by atoms with van der Waals surface area (Å²) in [5, 5.41) is 3.41. The van der Waals surface area contributed by atoms with Gasteiger partial charge >= 0.3 is 0 Å². The van der Waals surface area contributed by atoms with E-state index in [2.05, 4.69) is 17.2 Å². The molecule has 0 bridgehead atoms. The van der Waals surface area contributed by atoms with Crippen LogP contribution >= 0.6 is 24.8 Å². The molecule has 0 saturated carbocycles. The zero-order valence-corrected chi connectivity index (χ0v) is 12.2. The van der Waals surface area contributed by atoms with Crippen molar-refractivity contribution in [2.45, 2.75) is 32.6 Å². The molecule has 0 amide bonds. The van der Waals surface area contributed by atoms with E-state index >= 15 is 0 Å². The molecule has 1 aromatic carbocycles. The molecule has 0 fully saturated rings. The van der Waals surface area contributed by atoms with Gasteiger partial charge in [0.2, 0.25) is 0 Å². The number of hydrogen-bond acceptors (Lipinski definition) is 3. The zero-order chi connectivity index (χ0) is 11.4. The van der Waals surface area contributed by atoms with Crippen LogP contribution in [-0.2, 0) is 0 Å². The standard InChI is InChI=1S/C13H19N3.2ClH/c1-10-9-11(14)6-7-12(10)16-13-5-3-2-4-8-15-13;;/h6-7,9H,2-5,8,14H2,1H3,(H,15,16);2*1H. The molecule has 0 aromatic heterocycles. The first kappa shape index (κ1) is 17.1. The van der Waals surface area contributed by atoms with Crippen molar-refractivity contribution in [2.24, 2.45) is 4.99 Å². The van der Waals surface area contributed by atoms with Crippen molar-refractivity contribution in [3.05, 3.63) is 23.8 Å². The first-order valence-corrected chi connectivity index (χ1v) is 5.92. The fourth-order valence-corrected chi connectivity index (χ4v) is 1.96. The number of anilines is 2. The van der Waals surface area contributed by atoms with E-state index in [4.69, 9.17) is 5.73 Å². The van der Waals surface area contributed by atoms with Gasteiger partial charge in [0, 0.05) is 24.3 Å². The third kappa shape index (κ3) is 4.75. The molecular weight excluding hydrogens is 269 g/mol. The Labute approximate surface area is 121 Å². The minimum atomic E-state index is 0. The molecule has 5 heteroatoms. The summed E-state index contributed by atoms with van der Waals surface area (Å²) in [6.07, 6.45) is 4.80. The van der Waals surface area contributed by atoms with E-state index in [9.17, 15) is 0 Å². The van der Waals surface area contributed by atoms with Gasteiger partial charge in [0.05, 0.1) is 0 Å². The first-order chi connectivity index (χ1) is 7.75. The largest absolute Gasteiger partial charge is 0.399 e. The Morgan fingerprint density at radius 2 is 1.94 bits per heavy atom. The Hall–Kier alpha value is -0.930. The average Bonchev–Trinajstić information content (AvgIpc) is 2.51. The van der Waals surface area contributed by atoms with Gasteiger partial charge in [0.25, 0.3) is 0 Å². The Morgan fingerprint density at radius 1 is 1.17 bits per heavy atom. The minimum absolute atomic E-state index is 0. The monoisotopic (exact) mass is 289 g/mol. The molecular formula is C13H21Cl2N3. The molecule has 0 aliphatic carbocycles. The number of rotatable bonds is 1. The maximum Gasteiger partial charge on any atom is 0.101 e. The number of aliphatic imine (C=N–C) groups is 1. The number of nitrogens with zero attached hydrogens (tertiary/aromatic N) is 1. The fourth-order valence-electron chi connectivity index (χ4n) is 1.96. The molecule has 1 aliphatic rings. The van der Waals surface area contributed by atoms with Crippen molar-refractivity contribution in [1.82, 2.24) is 0 Å². The topological polar surface area (TPSA) is 50.4 Å². The molecule has 0 atom stereocenters. The fraction of sp³-hybridized carbons (Fsp3) is 0.462. The number of halogens is 2. The molecule has 0 radical (unpaired) electrons. The third-order valence-electron chi connectivity index (χ3n) is 2.90. The average molecular weight is 290 g/mol. The van der Waals surface area contributed by atoms with E-state index in [-0.39, 0.29) is 24.8 Å². The highest BCUT2D eigenvalue weighted by atomic mass is 35.5. The summed E-state index contributed by atoms with van der Waals surface area (Å²) < 4.78 is 0. The first-order valence-electron chi connectivity index (χ1n) is 5.92. The lowest BCUT2D eigenvalue weighted by molar-refractivity contribution is 0.731. The van der Waals surface area contributed by atoms with Gasteiger partial charge in [-0.15, -0.1) is 24.8 Å². The van der Waals surface area contributed by atoms with E-state index in [0.717, 1.165) is 30.2 Å².